The summed E-state index contributed by atoms with van der Waals surface area (Å²) in [6, 6.07) is 0. The van der Waals surface area contributed by atoms with Crippen molar-refractivity contribution in [2.24, 2.45) is 5.92 Å². The maximum absolute atomic E-state index is 10.3. The fourth-order valence-electron chi connectivity index (χ4n) is 2.60. The first-order valence-electron chi connectivity index (χ1n) is 9.29. The van der Waals surface area contributed by atoms with Gasteiger partial charge >= 0.3 is 5.97 Å². The average Bonchev–Trinajstić information content (AvgIpc) is 2.49. The molecule has 2 N–H and O–H groups in total. The van der Waals surface area contributed by atoms with E-state index >= 15 is 0 Å². The smallest absolute Gasteiger partial charge is 0.303 e. The predicted octanol–water partition coefficient (Wildman–Crippen LogP) is 4.45. The van der Waals surface area contributed by atoms with E-state index in [-0.39, 0.29) is 0 Å². The van der Waals surface area contributed by atoms with E-state index in [2.05, 4.69) is 13.8 Å². The second-order valence-corrected chi connectivity index (χ2v) is 6.57. The van der Waals surface area contributed by atoms with E-state index in [1.165, 1.54) is 70.6 Å². The highest BCUT2D eigenvalue weighted by Gasteiger charge is 1.97. The Balaban J connectivity index is 0. The van der Waals surface area contributed by atoms with Crippen molar-refractivity contribution in [2.75, 3.05) is 0 Å². The molecule has 0 rings (SSSR count). The van der Waals surface area contributed by atoms with Crippen LogP contribution in [0.4, 0.5) is 0 Å². The van der Waals surface area contributed by atoms with Crippen LogP contribution in [-0.4, -0.2) is 26.4 Å². The number of rotatable bonds is 15. The number of aliphatic carboxylic acids is 1. The minimum Gasteiger partial charge on any atom is -0.481 e. The molecule has 0 aliphatic carbocycles. The number of carbonyl (C=O) groups is 1. The molecule has 0 saturated heterocycles. The fourth-order valence-corrected chi connectivity index (χ4v) is 2.60. The first-order chi connectivity index (χ1) is 10.6. The Morgan fingerprint density at radius 1 is 0.727 bits per heavy atom. The lowest BCUT2D eigenvalue weighted by Crippen LogP contribution is -1.93. The second kappa shape index (κ2) is 20.6. The molecule has 0 amide bonds. The summed E-state index contributed by atoms with van der Waals surface area (Å²) in [5.41, 5.74) is 0. The topological polar surface area (TPSA) is 57.5 Å². The molecule has 0 atom stereocenters. The van der Waals surface area contributed by atoms with Crippen LogP contribution in [0.2, 0.25) is 0 Å². The van der Waals surface area contributed by atoms with Crippen LogP contribution in [0.1, 0.15) is 104 Å². The first kappa shape index (κ1) is 23.9. The highest BCUT2D eigenvalue weighted by Crippen LogP contribution is 2.14. The van der Waals surface area contributed by atoms with E-state index in [0.717, 1.165) is 18.8 Å². The van der Waals surface area contributed by atoms with Crippen molar-refractivity contribution >= 4 is 16.5 Å². The van der Waals surface area contributed by atoms with Gasteiger partial charge in [-0.15, -0.1) is 0 Å². The Bertz CT molecular complexity index is 220. The van der Waals surface area contributed by atoms with Gasteiger partial charge in [0.2, 0.25) is 0 Å². The van der Waals surface area contributed by atoms with Gasteiger partial charge in [-0.2, -0.15) is 0 Å². The molecule has 4 heteroatoms. The average molecular weight is 333 g/mol. The van der Waals surface area contributed by atoms with Crippen LogP contribution >= 0.6 is 0 Å². The van der Waals surface area contributed by atoms with Crippen LogP contribution in [0.15, 0.2) is 0 Å². The molecule has 0 saturated carbocycles. The molecule has 0 aromatic heterocycles. The normalized spacial score (nSPS) is 10.5. The Morgan fingerprint density at radius 2 is 1.05 bits per heavy atom. The van der Waals surface area contributed by atoms with E-state index in [1.807, 2.05) is 0 Å². The molecule has 22 heavy (non-hydrogen) atoms. The molecule has 0 heterocycles. The highest BCUT2D eigenvalue weighted by molar-refractivity contribution is 5.95. The van der Waals surface area contributed by atoms with Crippen molar-refractivity contribution in [3.8, 4) is 0 Å². The summed E-state index contributed by atoms with van der Waals surface area (Å²) in [4.78, 5) is 17.5. The summed E-state index contributed by atoms with van der Waals surface area (Å²) in [5, 5.41) is 8.52. The minimum absolute atomic E-state index is 0.306. The minimum atomic E-state index is -0.654. The van der Waals surface area contributed by atoms with Crippen molar-refractivity contribution in [3.63, 3.8) is 0 Å². The highest BCUT2D eigenvalue weighted by atomic mass is 28.2. The molecule has 0 bridgehead atoms. The van der Waals surface area contributed by atoms with Crippen LogP contribution < -0.4 is 0 Å². The zero-order chi connectivity index (χ0) is 17.1. The molecule has 0 aromatic carbocycles. The van der Waals surface area contributed by atoms with Crippen molar-refractivity contribution < 1.29 is 14.7 Å². The van der Waals surface area contributed by atoms with Crippen molar-refractivity contribution in [3.05, 3.63) is 0 Å². The molecule has 3 nitrogen and oxygen atoms in total. The lowest BCUT2D eigenvalue weighted by atomic mass is 10.0. The quantitative estimate of drug-likeness (QED) is 0.344. The van der Waals surface area contributed by atoms with Gasteiger partial charge in [0.25, 0.3) is 0 Å². The monoisotopic (exact) mass is 332 g/mol. The summed E-state index contributed by atoms with van der Waals surface area (Å²) >= 11 is 0. The molecular formula is C18H40O3Si. The summed E-state index contributed by atoms with van der Waals surface area (Å²) in [5.74, 6) is 0.212. The van der Waals surface area contributed by atoms with Gasteiger partial charge in [0.15, 0.2) is 0 Å². The SMILES string of the molecule is CC(C)CCCCCCCCCCCCCCC(=O)O.O[SiH3]. The van der Waals surface area contributed by atoms with E-state index in [0.29, 0.717) is 16.9 Å². The largest absolute Gasteiger partial charge is 0.481 e. The van der Waals surface area contributed by atoms with Gasteiger partial charge in [-0.3, -0.25) is 4.79 Å². The molecule has 0 aliphatic heterocycles. The van der Waals surface area contributed by atoms with Gasteiger partial charge in [-0.25, -0.2) is 0 Å². The van der Waals surface area contributed by atoms with Crippen LogP contribution in [0.5, 0.6) is 0 Å². The molecule has 0 unspecified atom stereocenters. The summed E-state index contributed by atoms with van der Waals surface area (Å²) < 4.78 is 0. The maximum Gasteiger partial charge on any atom is 0.303 e. The van der Waals surface area contributed by atoms with Crippen LogP contribution in [-0.2, 0) is 4.79 Å². The predicted molar refractivity (Wildman–Crippen MR) is 99.3 cm³/mol. The Labute approximate surface area is 141 Å². The lowest BCUT2D eigenvalue weighted by Gasteiger charge is -2.04. The third-order valence-electron chi connectivity index (χ3n) is 3.92. The number of hydrogen-bond donors (Lipinski definition) is 2. The molecule has 0 spiro atoms. The van der Waals surface area contributed by atoms with Crippen LogP contribution in [0, 0.1) is 5.92 Å². The summed E-state index contributed by atoms with van der Waals surface area (Å²) in [6.07, 6.45) is 17.3. The summed E-state index contributed by atoms with van der Waals surface area (Å²) in [6.45, 7) is 4.61. The zero-order valence-corrected chi connectivity index (χ0v) is 17.3. The number of carboxylic acid groups (broad SMARTS) is 1. The lowest BCUT2D eigenvalue weighted by molar-refractivity contribution is -0.137. The molecule has 0 radical (unpaired) electrons. The van der Waals surface area contributed by atoms with Gasteiger partial charge in [0.05, 0.1) is 0 Å². The first-order valence-corrected chi connectivity index (χ1v) is 10.2. The maximum atomic E-state index is 10.3. The molecule has 134 valence electrons. The third kappa shape index (κ3) is 24.7. The van der Waals surface area contributed by atoms with Gasteiger partial charge in [0.1, 0.15) is 10.5 Å². The van der Waals surface area contributed by atoms with Crippen molar-refractivity contribution in [1.29, 1.82) is 0 Å². The summed E-state index contributed by atoms with van der Waals surface area (Å²) in [7, 11) is 0.306. The Kier molecular flexibility index (Phi) is 22.4. The van der Waals surface area contributed by atoms with Crippen molar-refractivity contribution in [1.82, 2.24) is 0 Å². The van der Waals surface area contributed by atoms with Crippen LogP contribution in [0.25, 0.3) is 0 Å². The number of hydrogen-bond acceptors (Lipinski definition) is 2. The molecule has 0 fully saturated rings. The van der Waals surface area contributed by atoms with Gasteiger partial charge < -0.3 is 9.90 Å². The number of unbranched alkanes of at least 4 members (excludes halogenated alkanes) is 11. The van der Waals surface area contributed by atoms with E-state index in [1.54, 1.807) is 0 Å². The van der Waals surface area contributed by atoms with E-state index < -0.39 is 5.97 Å². The number of carboxylic acids is 1. The van der Waals surface area contributed by atoms with E-state index in [4.69, 9.17) is 9.90 Å². The van der Waals surface area contributed by atoms with Gasteiger partial charge in [-0.1, -0.05) is 90.9 Å². The Morgan fingerprint density at radius 3 is 1.36 bits per heavy atom. The Hall–Kier alpha value is -0.353. The fraction of sp³-hybridized carbons (Fsp3) is 0.944. The van der Waals surface area contributed by atoms with Gasteiger partial charge in [-0.05, 0) is 12.3 Å². The van der Waals surface area contributed by atoms with Crippen molar-refractivity contribution in [2.45, 2.75) is 104 Å². The molecule has 0 aliphatic rings. The second-order valence-electron chi connectivity index (χ2n) is 6.57. The zero-order valence-electron chi connectivity index (χ0n) is 15.3. The molecular weight excluding hydrogens is 292 g/mol. The standard InChI is InChI=1S/C18H36O2.H4OSi/c1-17(2)15-13-11-9-7-5-3-4-6-8-10-12-14-16-18(19)20;1-2/h17H,3-16H2,1-2H3,(H,19,20);1H,2H3. The molecule has 0 aromatic rings. The van der Waals surface area contributed by atoms with E-state index in [9.17, 15) is 4.79 Å². The van der Waals surface area contributed by atoms with Gasteiger partial charge in [0, 0.05) is 6.42 Å². The third-order valence-corrected chi connectivity index (χ3v) is 3.92. The van der Waals surface area contributed by atoms with Crippen LogP contribution in [0.3, 0.4) is 0 Å².